The molecule has 4 nitrogen and oxygen atoms in total. The predicted molar refractivity (Wildman–Crippen MR) is 59.3 cm³/mol. The minimum absolute atomic E-state index is 0.0175. The highest BCUT2D eigenvalue weighted by molar-refractivity contribution is 5.98. The van der Waals surface area contributed by atoms with Crippen LogP contribution in [0.15, 0.2) is 4.99 Å². The van der Waals surface area contributed by atoms with Crippen LogP contribution in [0.25, 0.3) is 0 Å². The highest BCUT2D eigenvalue weighted by atomic mass is 16.1. The molecular formula is C11H19N3O. The molecule has 1 amide bonds. The van der Waals surface area contributed by atoms with Crippen molar-refractivity contribution in [1.29, 1.82) is 0 Å². The molecule has 84 valence electrons. The van der Waals surface area contributed by atoms with Crippen LogP contribution in [0.5, 0.6) is 0 Å². The van der Waals surface area contributed by atoms with Crippen LogP contribution in [0.2, 0.25) is 0 Å². The SMILES string of the molecule is C[C@H]1CC[C@@]2(CC(=O)NC(N)=N2)[C@@H](C)C1. The molecule has 0 aromatic rings. The van der Waals surface area contributed by atoms with Crippen LogP contribution in [-0.2, 0) is 4.79 Å². The lowest BCUT2D eigenvalue weighted by atomic mass is 9.68. The first-order valence-corrected chi connectivity index (χ1v) is 5.67. The van der Waals surface area contributed by atoms with E-state index in [0.717, 1.165) is 25.2 Å². The zero-order chi connectivity index (χ0) is 11.1. The minimum Gasteiger partial charge on any atom is -0.370 e. The number of nitrogens with one attached hydrogen (secondary N) is 1. The van der Waals surface area contributed by atoms with Crippen molar-refractivity contribution < 1.29 is 4.79 Å². The number of hydrogen-bond acceptors (Lipinski definition) is 3. The van der Waals surface area contributed by atoms with Crippen molar-refractivity contribution in [2.45, 2.75) is 45.1 Å². The summed E-state index contributed by atoms with van der Waals surface area (Å²) in [5.74, 6) is 1.51. The molecule has 0 aromatic carbocycles. The van der Waals surface area contributed by atoms with E-state index in [-0.39, 0.29) is 11.4 Å². The van der Waals surface area contributed by atoms with Crippen molar-refractivity contribution in [1.82, 2.24) is 5.32 Å². The number of nitrogens with zero attached hydrogens (tertiary/aromatic N) is 1. The Kier molecular flexibility index (Phi) is 2.44. The second kappa shape index (κ2) is 3.51. The van der Waals surface area contributed by atoms with Crippen LogP contribution < -0.4 is 11.1 Å². The predicted octanol–water partition coefficient (Wildman–Crippen LogP) is 1.02. The molecule has 1 fully saturated rings. The molecule has 15 heavy (non-hydrogen) atoms. The number of amides is 1. The lowest BCUT2D eigenvalue weighted by molar-refractivity contribution is -0.122. The summed E-state index contributed by atoms with van der Waals surface area (Å²) in [5, 5.41) is 2.57. The number of nitrogens with two attached hydrogens (primary N) is 1. The van der Waals surface area contributed by atoms with Crippen molar-refractivity contribution in [3.05, 3.63) is 0 Å². The number of aliphatic imine (C=N–C) groups is 1. The van der Waals surface area contributed by atoms with Gasteiger partial charge in [-0.3, -0.25) is 10.1 Å². The molecule has 2 rings (SSSR count). The highest BCUT2D eigenvalue weighted by Gasteiger charge is 2.43. The lowest BCUT2D eigenvalue weighted by Gasteiger charge is -2.43. The van der Waals surface area contributed by atoms with E-state index >= 15 is 0 Å². The first-order chi connectivity index (χ1) is 7.02. The molecule has 1 heterocycles. The summed E-state index contributed by atoms with van der Waals surface area (Å²) in [6.45, 7) is 4.45. The minimum atomic E-state index is -0.209. The van der Waals surface area contributed by atoms with E-state index in [2.05, 4.69) is 24.2 Å². The summed E-state index contributed by atoms with van der Waals surface area (Å²) in [4.78, 5) is 16.0. The average Bonchev–Trinajstić information content (AvgIpc) is 2.11. The molecule has 0 radical (unpaired) electrons. The van der Waals surface area contributed by atoms with Gasteiger partial charge >= 0.3 is 0 Å². The average molecular weight is 209 g/mol. The van der Waals surface area contributed by atoms with E-state index in [1.165, 1.54) is 0 Å². The molecule has 3 atom stereocenters. The van der Waals surface area contributed by atoms with Gasteiger partial charge in [0.2, 0.25) is 5.91 Å². The summed E-state index contributed by atoms with van der Waals surface area (Å²) in [7, 11) is 0. The van der Waals surface area contributed by atoms with E-state index < -0.39 is 0 Å². The van der Waals surface area contributed by atoms with E-state index in [1.807, 2.05) is 0 Å². The second-order valence-electron chi connectivity index (χ2n) is 5.11. The van der Waals surface area contributed by atoms with E-state index in [1.54, 1.807) is 0 Å². The monoisotopic (exact) mass is 209 g/mol. The van der Waals surface area contributed by atoms with Crippen molar-refractivity contribution in [2.75, 3.05) is 0 Å². The molecule has 1 aliphatic carbocycles. The summed E-state index contributed by atoms with van der Waals surface area (Å²) in [5.41, 5.74) is 5.44. The quantitative estimate of drug-likeness (QED) is 0.625. The molecule has 3 N–H and O–H groups in total. The van der Waals surface area contributed by atoms with Gasteiger partial charge in [-0.1, -0.05) is 13.8 Å². The number of guanidine groups is 1. The first-order valence-electron chi connectivity index (χ1n) is 5.67. The topological polar surface area (TPSA) is 67.5 Å². The summed E-state index contributed by atoms with van der Waals surface area (Å²) in [6.07, 6.45) is 3.78. The summed E-state index contributed by atoms with van der Waals surface area (Å²) in [6, 6.07) is 0. The van der Waals surface area contributed by atoms with E-state index in [4.69, 9.17) is 5.73 Å². The van der Waals surface area contributed by atoms with Gasteiger partial charge in [-0.25, -0.2) is 4.99 Å². The second-order valence-corrected chi connectivity index (χ2v) is 5.11. The molecular weight excluding hydrogens is 190 g/mol. The third-order valence-corrected chi connectivity index (χ3v) is 3.82. The standard InChI is InChI=1S/C11H19N3O/c1-7-3-4-11(8(2)5-7)6-9(15)13-10(12)14-11/h7-8H,3-6H2,1-2H3,(H3,12,13,14,15)/t7-,8-,11+/m0/s1. The van der Waals surface area contributed by atoms with Crippen molar-refractivity contribution in [3.8, 4) is 0 Å². The Bertz CT molecular complexity index is 313. The van der Waals surface area contributed by atoms with Crippen LogP contribution in [0.3, 0.4) is 0 Å². The third-order valence-electron chi connectivity index (χ3n) is 3.82. The van der Waals surface area contributed by atoms with Crippen molar-refractivity contribution in [2.24, 2.45) is 22.6 Å². The maximum absolute atomic E-state index is 11.5. The Morgan fingerprint density at radius 1 is 1.53 bits per heavy atom. The zero-order valence-electron chi connectivity index (χ0n) is 9.42. The first kappa shape index (κ1) is 10.5. The van der Waals surface area contributed by atoms with Crippen LogP contribution in [0.4, 0.5) is 0 Å². The van der Waals surface area contributed by atoms with Gasteiger partial charge in [-0.05, 0) is 31.1 Å². The highest BCUT2D eigenvalue weighted by Crippen LogP contribution is 2.42. The van der Waals surface area contributed by atoms with Crippen LogP contribution in [-0.4, -0.2) is 17.4 Å². The Morgan fingerprint density at radius 3 is 2.87 bits per heavy atom. The molecule has 0 aromatic heterocycles. The molecule has 2 aliphatic rings. The fourth-order valence-electron chi connectivity index (χ4n) is 2.88. The largest absolute Gasteiger partial charge is 0.370 e. The Balaban J connectivity index is 2.25. The van der Waals surface area contributed by atoms with Crippen molar-refractivity contribution in [3.63, 3.8) is 0 Å². The van der Waals surface area contributed by atoms with Gasteiger partial charge in [0.15, 0.2) is 5.96 Å². The fourth-order valence-corrected chi connectivity index (χ4v) is 2.88. The third kappa shape index (κ3) is 1.85. The van der Waals surface area contributed by atoms with Gasteiger partial charge in [0.25, 0.3) is 0 Å². The molecule has 4 heteroatoms. The van der Waals surface area contributed by atoms with Gasteiger partial charge in [-0.15, -0.1) is 0 Å². The number of rotatable bonds is 0. The van der Waals surface area contributed by atoms with Crippen LogP contribution >= 0.6 is 0 Å². The fraction of sp³-hybridized carbons (Fsp3) is 0.818. The molecule has 1 saturated carbocycles. The van der Waals surface area contributed by atoms with Crippen LogP contribution in [0.1, 0.15) is 39.5 Å². The molecule has 0 bridgehead atoms. The van der Waals surface area contributed by atoms with Crippen LogP contribution in [0, 0.1) is 11.8 Å². The van der Waals surface area contributed by atoms with E-state index in [0.29, 0.717) is 18.3 Å². The maximum atomic E-state index is 11.5. The maximum Gasteiger partial charge on any atom is 0.229 e. The molecule has 0 unspecified atom stereocenters. The Labute approximate surface area is 90.3 Å². The summed E-state index contributed by atoms with van der Waals surface area (Å²) >= 11 is 0. The number of carbonyl (C=O) groups excluding carboxylic acids is 1. The smallest absolute Gasteiger partial charge is 0.229 e. The number of hydrogen-bond donors (Lipinski definition) is 2. The van der Waals surface area contributed by atoms with Gasteiger partial charge in [-0.2, -0.15) is 0 Å². The van der Waals surface area contributed by atoms with Gasteiger partial charge in [0.05, 0.1) is 12.0 Å². The van der Waals surface area contributed by atoms with Gasteiger partial charge in [0, 0.05) is 0 Å². The summed E-state index contributed by atoms with van der Waals surface area (Å²) < 4.78 is 0. The zero-order valence-corrected chi connectivity index (χ0v) is 9.42. The molecule has 1 aliphatic heterocycles. The van der Waals surface area contributed by atoms with E-state index in [9.17, 15) is 4.79 Å². The molecule has 0 saturated heterocycles. The van der Waals surface area contributed by atoms with Gasteiger partial charge in [0.1, 0.15) is 0 Å². The van der Waals surface area contributed by atoms with Crippen molar-refractivity contribution >= 4 is 11.9 Å². The van der Waals surface area contributed by atoms with Gasteiger partial charge < -0.3 is 5.73 Å². The normalized spacial score (nSPS) is 41.2. The Morgan fingerprint density at radius 2 is 2.27 bits per heavy atom. The lowest BCUT2D eigenvalue weighted by Crippen LogP contribution is -2.53. The number of carbonyl (C=O) groups is 1. The Hall–Kier alpha value is -1.06. The molecule has 1 spiro atoms.